The van der Waals surface area contributed by atoms with E-state index >= 15 is 0 Å². The molecule has 6 heteroatoms. The molecule has 3 rings (SSSR count). The van der Waals surface area contributed by atoms with Gasteiger partial charge in [0.1, 0.15) is 5.82 Å². The number of aliphatic hydroxyl groups excluding tert-OH is 1. The zero-order valence-corrected chi connectivity index (χ0v) is 8.54. The van der Waals surface area contributed by atoms with Gasteiger partial charge in [0.25, 0.3) is 0 Å². The molecule has 0 unspecified atom stereocenters. The predicted octanol–water partition coefficient (Wildman–Crippen LogP) is 0.439. The quantitative estimate of drug-likeness (QED) is 0.760. The topological polar surface area (TPSA) is 53.7 Å². The molecular formula is C10H11FN4O. The van der Waals surface area contributed by atoms with Crippen molar-refractivity contribution in [2.24, 2.45) is 0 Å². The lowest BCUT2D eigenvalue weighted by Crippen LogP contribution is -2.23. The molecule has 0 aliphatic carbocycles. The van der Waals surface area contributed by atoms with Crippen molar-refractivity contribution < 1.29 is 9.50 Å². The first-order valence-corrected chi connectivity index (χ1v) is 5.17. The predicted molar refractivity (Wildman–Crippen MR) is 55.8 cm³/mol. The maximum Gasteiger partial charge on any atom is 0.231 e. The summed E-state index contributed by atoms with van der Waals surface area (Å²) in [5.74, 6) is 0.263. The van der Waals surface area contributed by atoms with Gasteiger partial charge < -0.3 is 10.0 Å². The fraction of sp³-hybridized carbons (Fsp3) is 0.400. The van der Waals surface area contributed by atoms with Crippen LogP contribution in [0.1, 0.15) is 6.42 Å². The number of β-amino-alcohol motifs (C(OH)–C–C–N with tert-alkyl or cyclic N) is 1. The molecule has 3 heterocycles. The van der Waals surface area contributed by atoms with Gasteiger partial charge in [-0.05, 0) is 18.6 Å². The van der Waals surface area contributed by atoms with Gasteiger partial charge in [-0.3, -0.25) is 4.40 Å². The molecule has 84 valence electrons. The van der Waals surface area contributed by atoms with Crippen LogP contribution in [0.3, 0.4) is 0 Å². The fourth-order valence-electron chi connectivity index (χ4n) is 1.99. The fourth-order valence-corrected chi connectivity index (χ4v) is 1.99. The minimum Gasteiger partial charge on any atom is -0.391 e. The Morgan fingerprint density at radius 3 is 3.00 bits per heavy atom. The van der Waals surface area contributed by atoms with Crippen LogP contribution in [0.15, 0.2) is 18.3 Å². The van der Waals surface area contributed by atoms with Crippen LogP contribution in [0.5, 0.6) is 0 Å². The minimum atomic E-state index is -0.332. The Bertz CT molecular complexity index is 527. The number of aliphatic hydroxyl groups is 1. The first-order valence-electron chi connectivity index (χ1n) is 5.17. The molecule has 1 saturated heterocycles. The van der Waals surface area contributed by atoms with Gasteiger partial charge in [-0.2, -0.15) is 0 Å². The number of anilines is 1. The van der Waals surface area contributed by atoms with Crippen LogP contribution in [0.2, 0.25) is 0 Å². The lowest BCUT2D eigenvalue weighted by atomic mass is 10.3. The molecule has 2 aromatic rings. The normalized spacial score (nSPS) is 20.9. The van der Waals surface area contributed by atoms with Gasteiger partial charge in [0, 0.05) is 19.3 Å². The first kappa shape index (κ1) is 9.53. The summed E-state index contributed by atoms with van der Waals surface area (Å²) >= 11 is 0. The van der Waals surface area contributed by atoms with Crippen LogP contribution < -0.4 is 4.90 Å². The van der Waals surface area contributed by atoms with Gasteiger partial charge in [0.15, 0.2) is 5.65 Å². The molecule has 1 aliphatic heterocycles. The van der Waals surface area contributed by atoms with Crippen molar-refractivity contribution in [1.82, 2.24) is 14.6 Å². The lowest BCUT2D eigenvalue weighted by molar-refractivity contribution is 0.198. The summed E-state index contributed by atoms with van der Waals surface area (Å²) in [6.45, 7) is 1.25. The number of hydrogen-bond donors (Lipinski definition) is 1. The average Bonchev–Trinajstić information content (AvgIpc) is 2.83. The van der Waals surface area contributed by atoms with Gasteiger partial charge in [-0.1, -0.05) is 0 Å². The Morgan fingerprint density at radius 2 is 2.25 bits per heavy atom. The van der Waals surface area contributed by atoms with Crippen molar-refractivity contribution >= 4 is 11.6 Å². The van der Waals surface area contributed by atoms with E-state index in [1.165, 1.54) is 12.3 Å². The van der Waals surface area contributed by atoms with E-state index in [9.17, 15) is 9.50 Å². The van der Waals surface area contributed by atoms with Crippen LogP contribution in [0.25, 0.3) is 5.65 Å². The number of rotatable bonds is 1. The second-order valence-electron chi connectivity index (χ2n) is 3.96. The van der Waals surface area contributed by atoms with Crippen LogP contribution in [-0.4, -0.2) is 38.9 Å². The SMILES string of the molecule is O[C@@H]1CCN(c2nnc3ccc(F)cn23)C1. The first-order chi connectivity index (χ1) is 7.74. The zero-order valence-electron chi connectivity index (χ0n) is 8.54. The summed E-state index contributed by atoms with van der Waals surface area (Å²) in [5.41, 5.74) is 0.609. The van der Waals surface area contributed by atoms with Crippen molar-refractivity contribution in [1.29, 1.82) is 0 Å². The molecule has 16 heavy (non-hydrogen) atoms. The van der Waals surface area contributed by atoms with Crippen LogP contribution in [0.4, 0.5) is 10.3 Å². The number of halogens is 1. The van der Waals surface area contributed by atoms with E-state index in [2.05, 4.69) is 10.2 Å². The van der Waals surface area contributed by atoms with Gasteiger partial charge >= 0.3 is 0 Å². The minimum absolute atomic E-state index is 0.326. The van der Waals surface area contributed by atoms with E-state index in [1.54, 1.807) is 10.5 Å². The van der Waals surface area contributed by atoms with Gasteiger partial charge in [-0.15, -0.1) is 10.2 Å². The highest BCUT2D eigenvalue weighted by molar-refractivity contribution is 5.47. The van der Waals surface area contributed by atoms with Crippen molar-refractivity contribution in [3.8, 4) is 0 Å². The number of nitrogens with zero attached hydrogens (tertiary/aromatic N) is 4. The maximum atomic E-state index is 13.1. The molecule has 0 amide bonds. The Labute approximate surface area is 91.1 Å². The molecule has 1 fully saturated rings. The number of pyridine rings is 1. The third-order valence-electron chi connectivity index (χ3n) is 2.79. The van der Waals surface area contributed by atoms with Gasteiger partial charge in [-0.25, -0.2) is 4.39 Å². The summed E-state index contributed by atoms with van der Waals surface area (Å²) in [7, 11) is 0. The van der Waals surface area contributed by atoms with Crippen LogP contribution >= 0.6 is 0 Å². The van der Waals surface area contributed by atoms with Crippen molar-refractivity contribution in [3.63, 3.8) is 0 Å². The number of hydrogen-bond acceptors (Lipinski definition) is 4. The lowest BCUT2D eigenvalue weighted by Gasteiger charge is -2.14. The van der Waals surface area contributed by atoms with E-state index < -0.39 is 0 Å². The zero-order chi connectivity index (χ0) is 11.1. The average molecular weight is 222 g/mol. The molecule has 0 aromatic carbocycles. The smallest absolute Gasteiger partial charge is 0.231 e. The molecule has 0 radical (unpaired) electrons. The standard InChI is InChI=1S/C10H11FN4O/c11-7-1-2-9-12-13-10(15(9)5-7)14-4-3-8(16)6-14/h1-2,5,8,16H,3-4,6H2/t8-/m1/s1. The molecule has 1 N–H and O–H groups in total. The summed E-state index contributed by atoms with van der Waals surface area (Å²) in [5, 5.41) is 17.4. The van der Waals surface area contributed by atoms with Crippen molar-refractivity contribution in [3.05, 3.63) is 24.1 Å². The van der Waals surface area contributed by atoms with Crippen molar-refractivity contribution in [2.75, 3.05) is 18.0 Å². The summed E-state index contributed by atoms with van der Waals surface area (Å²) in [4.78, 5) is 1.91. The highest BCUT2D eigenvalue weighted by Gasteiger charge is 2.24. The third-order valence-corrected chi connectivity index (χ3v) is 2.79. The van der Waals surface area contributed by atoms with Crippen LogP contribution in [0, 0.1) is 5.82 Å². The number of aromatic nitrogens is 3. The van der Waals surface area contributed by atoms with E-state index in [4.69, 9.17) is 0 Å². The highest BCUT2D eigenvalue weighted by Crippen LogP contribution is 2.19. The molecule has 2 aromatic heterocycles. The number of fused-ring (bicyclic) bond motifs is 1. The molecular weight excluding hydrogens is 211 g/mol. The summed E-state index contributed by atoms with van der Waals surface area (Å²) in [6, 6.07) is 2.94. The van der Waals surface area contributed by atoms with E-state index in [1.807, 2.05) is 4.90 Å². The molecule has 0 spiro atoms. The Balaban J connectivity index is 2.06. The Kier molecular flexibility index (Phi) is 2.03. The highest BCUT2D eigenvalue weighted by atomic mass is 19.1. The second kappa shape index (κ2) is 3.41. The molecule has 0 saturated carbocycles. The molecule has 5 nitrogen and oxygen atoms in total. The largest absolute Gasteiger partial charge is 0.391 e. The monoisotopic (exact) mass is 222 g/mol. The van der Waals surface area contributed by atoms with E-state index in [0.717, 1.165) is 6.54 Å². The third kappa shape index (κ3) is 1.42. The Hall–Kier alpha value is -1.69. The molecule has 1 atom stereocenters. The summed E-state index contributed by atoms with van der Waals surface area (Å²) < 4.78 is 14.7. The second-order valence-corrected chi connectivity index (χ2v) is 3.96. The maximum absolute atomic E-state index is 13.1. The van der Waals surface area contributed by atoms with Gasteiger partial charge in [0.2, 0.25) is 5.95 Å². The molecule has 0 bridgehead atoms. The van der Waals surface area contributed by atoms with Crippen molar-refractivity contribution in [2.45, 2.75) is 12.5 Å². The van der Waals surface area contributed by atoms with Gasteiger partial charge in [0.05, 0.1) is 6.10 Å². The van der Waals surface area contributed by atoms with Crippen LogP contribution in [-0.2, 0) is 0 Å². The van der Waals surface area contributed by atoms with E-state index in [0.29, 0.717) is 24.6 Å². The molecule has 1 aliphatic rings. The van der Waals surface area contributed by atoms with E-state index in [-0.39, 0.29) is 11.9 Å². The summed E-state index contributed by atoms with van der Waals surface area (Å²) in [6.07, 6.45) is 1.74. The Morgan fingerprint density at radius 1 is 1.38 bits per heavy atom.